The van der Waals surface area contributed by atoms with Gasteiger partial charge in [0.25, 0.3) is 0 Å². The number of carbonyl (C=O) groups is 1. The number of halogens is 1. The molecule has 0 radical (unpaired) electrons. The summed E-state index contributed by atoms with van der Waals surface area (Å²) in [6.07, 6.45) is 3.87. The van der Waals surface area contributed by atoms with Gasteiger partial charge in [0.05, 0.1) is 6.04 Å². The first-order valence-corrected chi connectivity index (χ1v) is 7.36. The standard InChI is InChI=1S/C16H23FN2O/c1-11(14-3-2-4-15(17)9-14)19-16(20)13-7-5-12(10-18)6-8-13/h2-4,9,11-13H,5-8,10,18H2,1H3,(H,19,20)/t11-,12?,13?/m0/s1. The largest absolute Gasteiger partial charge is 0.349 e. The summed E-state index contributed by atoms with van der Waals surface area (Å²) in [5, 5.41) is 2.99. The molecule has 0 spiro atoms. The highest BCUT2D eigenvalue weighted by molar-refractivity contribution is 5.79. The summed E-state index contributed by atoms with van der Waals surface area (Å²) in [6.45, 7) is 2.60. The first-order chi connectivity index (χ1) is 9.60. The number of benzene rings is 1. The quantitative estimate of drug-likeness (QED) is 0.889. The Hall–Kier alpha value is -1.42. The number of nitrogens with two attached hydrogens (primary N) is 1. The first-order valence-electron chi connectivity index (χ1n) is 7.36. The molecule has 20 heavy (non-hydrogen) atoms. The lowest BCUT2D eigenvalue weighted by Crippen LogP contribution is -2.35. The Morgan fingerprint density at radius 3 is 2.70 bits per heavy atom. The van der Waals surface area contributed by atoms with Gasteiger partial charge in [-0.1, -0.05) is 12.1 Å². The number of hydrogen-bond acceptors (Lipinski definition) is 2. The number of nitrogens with one attached hydrogen (secondary N) is 1. The minimum Gasteiger partial charge on any atom is -0.349 e. The molecule has 0 bridgehead atoms. The van der Waals surface area contributed by atoms with E-state index < -0.39 is 0 Å². The average Bonchev–Trinajstić information content (AvgIpc) is 2.47. The first kappa shape index (κ1) is 15.0. The van der Waals surface area contributed by atoms with Crippen molar-refractivity contribution in [2.75, 3.05) is 6.54 Å². The second-order valence-corrected chi connectivity index (χ2v) is 5.74. The molecule has 0 saturated heterocycles. The average molecular weight is 278 g/mol. The van der Waals surface area contributed by atoms with Crippen molar-refractivity contribution in [3.8, 4) is 0 Å². The van der Waals surface area contributed by atoms with Crippen LogP contribution in [0.4, 0.5) is 4.39 Å². The minimum absolute atomic E-state index is 0.0776. The molecular weight excluding hydrogens is 255 g/mol. The summed E-state index contributed by atoms with van der Waals surface area (Å²) in [5.41, 5.74) is 6.46. The van der Waals surface area contributed by atoms with Crippen LogP contribution < -0.4 is 11.1 Å². The van der Waals surface area contributed by atoms with Gasteiger partial charge in [-0.2, -0.15) is 0 Å². The van der Waals surface area contributed by atoms with Crippen LogP contribution in [0, 0.1) is 17.7 Å². The second-order valence-electron chi connectivity index (χ2n) is 5.74. The Balaban J connectivity index is 1.88. The fourth-order valence-corrected chi connectivity index (χ4v) is 2.85. The highest BCUT2D eigenvalue weighted by Crippen LogP contribution is 2.28. The van der Waals surface area contributed by atoms with Gasteiger partial charge in [-0.25, -0.2) is 4.39 Å². The molecule has 0 heterocycles. The molecule has 0 unspecified atom stereocenters. The van der Waals surface area contributed by atoms with Gasteiger partial charge in [-0.3, -0.25) is 4.79 Å². The molecule has 3 nitrogen and oxygen atoms in total. The molecule has 1 aromatic rings. The Morgan fingerprint density at radius 1 is 1.40 bits per heavy atom. The monoisotopic (exact) mass is 278 g/mol. The molecule has 1 aromatic carbocycles. The third-order valence-electron chi connectivity index (χ3n) is 4.26. The van der Waals surface area contributed by atoms with Gasteiger partial charge < -0.3 is 11.1 Å². The van der Waals surface area contributed by atoms with Crippen molar-refractivity contribution in [3.63, 3.8) is 0 Å². The molecule has 4 heteroatoms. The molecule has 1 atom stereocenters. The molecule has 1 saturated carbocycles. The van der Waals surface area contributed by atoms with E-state index in [1.807, 2.05) is 13.0 Å². The van der Waals surface area contributed by atoms with Crippen molar-refractivity contribution in [2.24, 2.45) is 17.6 Å². The molecular formula is C16H23FN2O. The smallest absolute Gasteiger partial charge is 0.223 e. The van der Waals surface area contributed by atoms with Crippen LogP contribution in [0.25, 0.3) is 0 Å². The topological polar surface area (TPSA) is 55.1 Å². The molecule has 2 rings (SSSR count). The fourth-order valence-electron chi connectivity index (χ4n) is 2.85. The van der Waals surface area contributed by atoms with Crippen molar-refractivity contribution in [1.29, 1.82) is 0 Å². The summed E-state index contributed by atoms with van der Waals surface area (Å²) in [6, 6.07) is 6.21. The summed E-state index contributed by atoms with van der Waals surface area (Å²) in [5.74, 6) is 0.456. The van der Waals surface area contributed by atoms with E-state index in [9.17, 15) is 9.18 Å². The Bertz CT molecular complexity index is 456. The lowest BCUT2D eigenvalue weighted by atomic mass is 9.81. The van der Waals surface area contributed by atoms with Gasteiger partial charge in [0, 0.05) is 5.92 Å². The van der Waals surface area contributed by atoms with Gasteiger partial charge in [0.15, 0.2) is 0 Å². The summed E-state index contributed by atoms with van der Waals surface area (Å²) < 4.78 is 13.2. The highest BCUT2D eigenvalue weighted by atomic mass is 19.1. The van der Waals surface area contributed by atoms with Crippen LogP contribution in [0.3, 0.4) is 0 Å². The van der Waals surface area contributed by atoms with Crippen molar-refractivity contribution < 1.29 is 9.18 Å². The van der Waals surface area contributed by atoms with E-state index in [2.05, 4.69) is 5.32 Å². The van der Waals surface area contributed by atoms with Crippen LogP contribution in [0.1, 0.15) is 44.2 Å². The van der Waals surface area contributed by atoms with E-state index >= 15 is 0 Å². The Labute approximate surface area is 119 Å². The zero-order chi connectivity index (χ0) is 14.5. The van der Waals surface area contributed by atoms with E-state index in [0.29, 0.717) is 12.5 Å². The Morgan fingerprint density at radius 2 is 2.10 bits per heavy atom. The number of rotatable bonds is 4. The summed E-state index contributed by atoms with van der Waals surface area (Å²) in [4.78, 5) is 12.2. The summed E-state index contributed by atoms with van der Waals surface area (Å²) >= 11 is 0. The lowest BCUT2D eigenvalue weighted by Gasteiger charge is -2.28. The van der Waals surface area contributed by atoms with E-state index in [1.54, 1.807) is 6.07 Å². The number of carbonyl (C=O) groups excluding carboxylic acids is 1. The molecule has 1 aliphatic carbocycles. The minimum atomic E-state index is -0.271. The normalized spacial score (nSPS) is 24.1. The fraction of sp³-hybridized carbons (Fsp3) is 0.562. The van der Waals surface area contributed by atoms with Gasteiger partial charge >= 0.3 is 0 Å². The van der Waals surface area contributed by atoms with Crippen molar-refractivity contribution in [2.45, 2.75) is 38.6 Å². The van der Waals surface area contributed by atoms with Crippen LogP contribution in [-0.4, -0.2) is 12.5 Å². The zero-order valence-corrected chi connectivity index (χ0v) is 11.9. The third-order valence-corrected chi connectivity index (χ3v) is 4.26. The maximum Gasteiger partial charge on any atom is 0.223 e. The van der Waals surface area contributed by atoms with Crippen molar-refractivity contribution in [3.05, 3.63) is 35.6 Å². The third kappa shape index (κ3) is 3.79. The number of amides is 1. The Kier molecular flexibility index (Phi) is 5.12. The van der Waals surface area contributed by atoms with Gasteiger partial charge in [-0.05, 0) is 62.8 Å². The van der Waals surface area contributed by atoms with Crippen LogP contribution in [0.2, 0.25) is 0 Å². The summed E-state index contributed by atoms with van der Waals surface area (Å²) in [7, 11) is 0. The molecule has 1 amide bonds. The van der Waals surface area contributed by atoms with Crippen LogP contribution in [0.15, 0.2) is 24.3 Å². The lowest BCUT2D eigenvalue weighted by molar-refractivity contribution is -0.126. The molecule has 0 aromatic heterocycles. The maximum absolute atomic E-state index is 13.2. The second kappa shape index (κ2) is 6.84. The molecule has 3 N–H and O–H groups in total. The van der Waals surface area contributed by atoms with E-state index in [0.717, 1.165) is 31.2 Å². The van der Waals surface area contributed by atoms with E-state index in [4.69, 9.17) is 5.73 Å². The molecule has 0 aliphatic heterocycles. The zero-order valence-electron chi connectivity index (χ0n) is 11.9. The van der Waals surface area contributed by atoms with Gasteiger partial charge in [0.2, 0.25) is 5.91 Å². The van der Waals surface area contributed by atoms with Crippen molar-refractivity contribution >= 4 is 5.91 Å². The predicted octanol–water partition coefficient (Wildman–Crippen LogP) is 2.77. The van der Waals surface area contributed by atoms with Crippen LogP contribution in [-0.2, 0) is 4.79 Å². The molecule has 1 aliphatic rings. The van der Waals surface area contributed by atoms with Gasteiger partial charge in [0.1, 0.15) is 5.82 Å². The predicted molar refractivity (Wildman–Crippen MR) is 77.5 cm³/mol. The maximum atomic E-state index is 13.2. The van der Waals surface area contributed by atoms with Crippen LogP contribution >= 0.6 is 0 Å². The molecule has 1 fully saturated rings. The van der Waals surface area contributed by atoms with E-state index in [-0.39, 0.29) is 23.7 Å². The SMILES string of the molecule is C[C@H](NC(=O)C1CCC(CN)CC1)c1cccc(F)c1. The van der Waals surface area contributed by atoms with Crippen molar-refractivity contribution in [1.82, 2.24) is 5.32 Å². The van der Waals surface area contributed by atoms with Crippen LogP contribution in [0.5, 0.6) is 0 Å². The molecule has 110 valence electrons. The van der Waals surface area contributed by atoms with E-state index in [1.165, 1.54) is 12.1 Å². The highest BCUT2D eigenvalue weighted by Gasteiger charge is 2.26. The van der Waals surface area contributed by atoms with Gasteiger partial charge in [-0.15, -0.1) is 0 Å². The number of hydrogen-bond donors (Lipinski definition) is 2.